The maximum atomic E-state index is 12.2. The van der Waals surface area contributed by atoms with Crippen molar-refractivity contribution in [3.8, 4) is 0 Å². The van der Waals surface area contributed by atoms with Crippen LogP contribution in [0.25, 0.3) is 0 Å². The van der Waals surface area contributed by atoms with Gasteiger partial charge in [0.15, 0.2) is 0 Å². The first-order valence-corrected chi connectivity index (χ1v) is 7.55. The summed E-state index contributed by atoms with van der Waals surface area (Å²) in [6, 6.07) is 0. The van der Waals surface area contributed by atoms with Gasteiger partial charge in [-0.1, -0.05) is 0 Å². The number of rotatable bonds is 5. The first-order chi connectivity index (χ1) is 9.84. The van der Waals surface area contributed by atoms with Crippen molar-refractivity contribution in [2.45, 2.75) is 18.8 Å². The summed E-state index contributed by atoms with van der Waals surface area (Å²) in [7, 11) is 0. The number of carbonyl (C=O) groups is 1. The Hall–Kier alpha value is -1.73. The minimum absolute atomic E-state index is 0.0871. The third-order valence-corrected chi connectivity index (χ3v) is 4.04. The number of aromatic nitrogens is 3. The smallest absolute Gasteiger partial charge is 0.254 e. The van der Waals surface area contributed by atoms with Crippen LogP contribution in [0, 0.1) is 0 Å². The van der Waals surface area contributed by atoms with E-state index < -0.39 is 0 Å². The molecule has 0 aliphatic carbocycles. The number of ether oxygens (including phenoxy) is 1. The van der Waals surface area contributed by atoms with E-state index in [0.29, 0.717) is 18.7 Å². The molecule has 1 fully saturated rings. The number of hydrogen-bond donors (Lipinski definition) is 2. The fourth-order valence-corrected chi connectivity index (χ4v) is 2.90. The van der Waals surface area contributed by atoms with E-state index in [1.54, 1.807) is 23.0 Å². The van der Waals surface area contributed by atoms with Crippen LogP contribution in [-0.2, 0) is 11.2 Å². The number of thiazole rings is 1. The Bertz CT molecular complexity index is 561. The molecule has 1 amide bonds. The Balaban J connectivity index is 1.58. The number of amides is 1. The van der Waals surface area contributed by atoms with E-state index in [0.717, 1.165) is 30.8 Å². The van der Waals surface area contributed by atoms with Crippen molar-refractivity contribution in [3.63, 3.8) is 0 Å². The average Bonchev–Trinajstić information content (AvgIpc) is 3.19. The highest BCUT2D eigenvalue weighted by Gasteiger charge is 2.24. The second-order valence-electron chi connectivity index (χ2n) is 4.74. The summed E-state index contributed by atoms with van der Waals surface area (Å²) >= 11 is 1.56. The van der Waals surface area contributed by atoms with Crippen molar-refractivity contribution in [1.29, 1.82) is 0 Å². The Morgan fingerprint density at radius 3 is 3.30 bits per heavy atom. The van der Waals surface area contributed by atoms with E-state index in [4.69, 9.17) is 4.74 Å². The molecular weight excluding hydrogens is 276 g/mol. The quantitative estimate of drug-likeness (QED) is 0.871. The molecule has 0 bridgehead atoms. The maximum Gasteiger partial charge on any atom is 0.254 e. The lowest BCUT2D eigenvalue weighted by molar-refractivity contribution is 0.0952. The number of aromatic amines is 1. The molecule has 0 radical (unpaired) electrons. The van der Waals surface area contributed by atoms with Crippen molar-refractivity contribution in [2.24, 2.45) is 0 Å². The molecule has 0 aromatic carbocycles. The monoisotopic (exact) mass is 292 g/mol. The van der Waals surface area contributed by atoms with Gasteiger partial charge in [-0.25, -0.2) is 4.98 Å². The summed E-state index contributed by atoms with van der Waals surface area (Å²) < 4.78 is 5.36. The zero-order valence-electron chi connectivity index (χ0n) is 11.0. The van der Waals surface area contributed by atoms with Crippen LogP contribution in [0.3, 0.4) is 0 Å². The lowest BCUT2D eigenvalue weighted by Crippen LogP contribution is -2.26. The third kappa shape index (κ3) is 2.88. The van der Waals surface area contributed by atoms with Gasteiger partial charge in [-0.05, 0) is 6.42 Å². The van der Waals surface area contributed by atoms with Crippen molar-refractivity contribution in [1.82, 2.24) is 20.5 Å². The van der Waals surface area contributed by atoms with Gasteiger partial charge in [-0.2, -0.15) is 5.10 Å². The van der Waals surface area contributed by atoms with Gasteiger partial charge in [-0.3, -0.25) is 9.89 Å². The molecule has 1 aliphatic rings. The Morgan fingerprint density at radius 2 is 2.55 bits per heavy atom. The molecule has 20 heavy (non-hydrogen) atoms. The maximum absolute atomic E-state index is 12.2. The molecule has 0 spiro atoms. The number of H-pyrrole nitrogens is 1. The third-order valence-electron chi connectivity index (χ3n) is 3.40. The molecule has 1 saturated heterocycles. The second kappa shape index (κ2) is 6.15. The van der Waals surface area contributed by atoms with Crippen LogP contribution in [0.5, 0.6) is 0 Å². The Kier molecular flexibility index (Phi) is 4.08. The number of nitrogens with zero attached hydrogens (tertiary/aromatic N) is 2. The minimum atomic E-state index is -0.0871. The molecule has 7 heteroatoms. The van der Waals surface area contributed by atoms with Gasteiger partial charge in [0.1, 0.15) is 0 Å². The molecule has 1 atom stereocenters. The van der Waals surface area contributed by atoms with E-state index in [2.05, 4.69) is 20.5 Å². The summed E-state index contributed by atoms with van der Waals surface area (Å²) in [5, 5.41) is 11.8. The van der Waals surface area contributed by atoms with Crippen molar-refractivity contribution >= 4 is 17.2 Å². The molecule has 1 aliphatic heterocycles. The van der Waals surface area contributed by atoms with Crippen LogP contribution >= 0.6 is 11.3 Å². The van der Waals surface area contributed by atoms with Crippen LogP contribution in [0.1, 0.15) is 34.1 Å². The van der Waals surface area contributed by atoms with Gasteiger partial charge in [0.2, 0.25) is 0 Å². The van der Waals surface area contributed by atoms with Gasteiger partial charge in [-0.15, -0.1) is 11.3 Å². The molecule has 3 rings (SSSR count). The van der Waals surface area contributed by atoms with Crippen LogP contribution in [0.4, 0.5) is 0 Å². The van der Waals surface area contributed by atoms with E-state index >= 15 is 0 Å². The summed E-state index contributed by atoms with van der Waals surface area (Å²) in [4.78, 5) is 16.4. The van der Waals surface area contributed by atoms with Crippen LogP contribution in [0.2, 0.25) is 0 Å². The van der Waals surface area contributed by atoms with Gasteiger partial charge < -0.3 is 10.1 Å². The van der Waals surface area contributed by atoms with Crippen molar-refractivity contribution < 1.29 is 9.53 Å². The Morgan fingerprint density at radius 1 is 1.60 bits per heavy atom. The average molecular weight is 292 g/mol. The van der Waals surface area contributed by atoms with Gasteiger partial charge in [0.05, 0.1) is 35.3 Å². The molecule has 106 valence electrons. The van der Waals surface area contributed by atoms with Gasteiger partial charge in [0.25, 0.3) is 5.91 Å². The summed E-state index contributed by atoms with van der Waals surface area (Å²) in [5.74, 6) is 0.160. The molecule has 6 nitrogen and oxygen atoms in total. The Labute approximate surface area is 120 Å². The molecule has 2 aromatic heterocycles. The normalized spacial score (nSPS) is 18.3. The fourth-order valence-electron chi connectivity index (χ4n) is 2.31. The number of nitrogens with one attached hydrogen (secondary N) is 2. The molecular formula is C13H16N4O2S. The molecule has 0 unspecified atom stereocenters. The fraction of sp³-hybridized carbons (Fsp3) is 0.462. The van der Waals surface area contributed by atoms with Crippen molar-refractivity contribution in [2.75, 3.05) is 19.8 Å². The standard InChI is InChI=1S/C13H16N4O2S/c18-13(14-3-1-10-7-20-8-15-10)11-5-16-17-12(11)9-2-4-19-6-9/h5,7-9H,1-4,6H2,(H,14,18)(H,16,17)/t9-/m1/s1. The summed E-state index contributed by atoms with van der Waals surface area (Å²) in [6.07, 6.45) is 3.27. The minimum Gasteiger partial charge on any atom is -0.381 e. The second-order valence-corrected chi connectivity index (χ2v) is 5.46. The van der Waals surface area contributed by atoms with Crippen LogP contribution in [-0.4, -0.2) is 40.8 Å². The van der Waals surface area contributed by atoms with E-state index in [-0.39, 0.29) is 11.8 Å². The zero-order chi connectivity index (χ0) is 13.8. The predicted molar refractivity (Wildman–Crippen MR) is 74.9 cm³/mol. The zero-order valence-corrected chi connectivity index (χ0v) is 11.8. The van der Waals surface area contributed by atoms with Gasteiger partial charge in [0, 0.05) is 30.9 Å². The molecule has 0 saturated carbocycles. The summed E-state index contributed by atoms with van der Waals surface area (Å²) in [5.41, 5.74) is 4.31. The first-order valence-electron chi connectivity index (χ1n) is 6.61. The van der Waals surface area contributed by atoms with Crippen LogP contribution < -0.4 is 5.32 Å². The summed E-state index contributed by atoms with van der Waals surface area (Å²) in [6.45, 7) is 1.98. The SMILES string of the molecule is O=C(NCCc1cscn1)c1cn[nH]c1[C@@H]1CCOC1. The van der Waals surface area contributed by atoms with E-state index in [1.165, 1.54) is 0 Å². The number of hydrogen-bond acceptors (Lipinski definition) is 5. The largest absolute Gasteiger partial charge is 0.381 e. The highest BCUT2D eigenvalue weighted by atomic mass is 32.1. The molecule has 2 aromatic rings. The molecule has 3 heterocycles. The topological polar surface area (TPSA) is 79.9 Å². The van der Waals surface area contributed by atoms with E-state index in [1.807, 2.05) is 5.38 Å². The van der Waals surface area contributed by atoms with Crippen LogP contribution in [0.15, 0.2) is 17.1 Å². The molecule has 2 N–H and O–H groups in total. The van der Waals surface area contributed by atoms with Crippen molar-refractivity contribution in [3.05, 3.63) is 34.0 Å². The first kappa shape index (κ1) is 13.3. The predicted octanol–water partition coefficient (Wildman–Crippen LogP) is 1.34. The highest BCUT2D eigenvalue weighted by Crippen LogP contribution is 2.25. The van der Waals surface area contributed by atoms with Gasteiger partial charge >= 0.3 is 0 Å². The lowest BCUT2D eigenvalue weighted by Gasteiger charge is -2.08. The number of carbonyl (C=O) groups excluding carboxylic acids is 1. The van der Waals surface area contributed by atoms with E-state index in [9.17, 15) is 4.79 Å². The highest BCUT2D eigenvalue weighted by molar-refractivity contribution is 7.07. The lowest BCUT2D eigenvalue weighted by atomic mass is 10.0.